The third-order valence-electron chi connectivity index (χ3n) is 4.36. The highest BCUT2D eigenvalue weighted by molar-refractivity contribution is 5.89. The largest absolute Gasteiger partial charge is 0.481 e. The molecule has 0 aromatic carbocycles. The number of carboxylic acid groups (broad SMARTS) is 1. The standard InChI is InChI=1S/C15H26N2O4/c1-4-17(3)13(19)11(2)16-12(18)10-15(14(20)21)8-6-5-7-9-15/h11H,4-10H2,1-3H3,(H,16,18)(H,20,21). The molecule has 120 valence electrons. The van der Waals surface area contributed by atoms with Gasteiger partial charge in [0.15, 0.2) is 0 Å². The number of carboxylic acids is 1. The smallest absolute Gasteiger partial charge is 0.310 e. The summed E-state index contributed by atoms with van der Waals surface area (Å²) in [4.78, 5) is 37.1. The SMILES string of the molecule is CCN(C)C(=O)C(C)NC(=O)CC1(C(=O)O)CCCCC1. The summed E-state index contributed by atoms with van der Waals surface area (Å²) >= 11 is 0. The van der Waals surface area contributed by atoms with Gasteiger partial charge >= 0.3 is 5.97 Å². The molecule has 0 aromatic rings. The number of aliphatic carboxylic acids is 1. The number of rotatable bonds is 6. The van der Waals surface area contributed by atoms with E-state index in [1.165, 1.54) is 4.90 Å². The molecule has 1 fully saturated rings. The average molecular weight is 298 g/mol. The highest BCUT2D eigenvalue weighted by atomic mass is 16.4. The average Bonchev–Trinajstić information content (AvgIpc) is 2.46. The number of hydrogen-bond donors (Lipinski definition) is 2. The zero-order valence-electron chi connectivity index (χ0n) is 13.1. The van der Waals surface area contributed by atoms with E-state index in [1.807, 2.05) is 6.92 Å². The second-order valence-electron chi connectivity index (χ2n) is 5.96. The number of amides is 2. The predicted octanol–water partition coefficient (Wildman–Crippen LogP) is 1.39. The first kappa shape index (κ1) is 17.5. The Hall–Kier alpha value is -1.59. The van der Waals surface area contributed by atoms with Crippen LogP contribution < -0.4 is 5.32 Å². The lowest BCUT2D eigenvalue weighted by Gasteiger charge is -2.33. The molecule has 2 amide bonds. The molecule has 0 aromatic heterocycles. The minimum Gasteiger partial charge on any atom is -0.481 e. The van der Waals surface area contributed by atoms with Gasteiger partial charge in [0.25, 0.3) is 0 Å². The molecule has 6 heteroatoms. The van der Waals surface area contributed by atoms with E-state index in [1.54, 1.807) is 14.0 Å². The second kappa shape index (κ2) is 7.43. The quantitative estimate of drug-likeness (QED) is 0.776. The fourth-order valence-electron chi connectivity index (χ4n) is 2.84. The fourth-order valence-corrected chi connectivity index (χ4v) is 2.84. The van der Waals surface area contributed by atoms with Crippen molar-refractivity contribution in [1.82, 2.24) is 10.2 Å². The maximum absolute atomic E-state index is 12.1. The summed E-state index contributed by atoms with van der Waals surface area (Å²) in [7, 11) is 1.67. The van der Waals surface area contributed by atoms with Crippen LogP contribution in [0.1, 0.15) is 52.4 Å². The predicted molar refractivity (Wildman–Crippen MR) is 78.7 cm³/mol. The fraction of sp³-hybridized carbons (Fsp3) is 0.800. The molecule has 0 saturated heterocycles. The normalized spacial score (nSPS) is 18.6. The molecular formula is C15H26N2O4. The van der Waals surface area contributed by atoms with Crippen LogP contribution in [0.25, 0.3) is 0 Å². The van der Waals surface area contributed by atoms with Gasteiger partial charge < -0.3 is 15.3 Å². The van der Waals surface area contributed by atoms with Crippen LogP contribution in [-0.4, -0.2) is 47.4 Å². The number of carbonyl (C=O) groups excluding carboxylic acids is 2. The molecule has 1 rings (SSSR count). The Morgan fingerprint density at radius 1 is 1.24 bits per heavy atom. The van der Waals surface area contributed by atoms with Crippen molar-refractivity contribution in [2.24, 2.45) is 5.41 Å². The summed E-state index contributed by atoms with van der Waals surface area (Å²) in [6.07, 6.45) is 3.72. The van der Waals surface area contributed by atoms with Gasteiger partial charge in [-0.3, -0.25) is 14.4 Å². The van der Waals surface area contributed by atoms with Crippen LogP contribution in [0, 0.1) is 5.41 Å². The first-order chi connectivity index (χ1) is 9.82. The van der Waals surface area contributed by atoms with Crippen molar-refractivity contribution in [2.45, 2.75) is 58.4 Å². The lowest BCUT2D eigenvalue weighted by Crippen LogP contribution is -2.47. The Labute approximate surface area is 125 Å². The topological polar surface area (TPSA) is 86.7 Å². The van der Waals surface area contributed by atoms with E-state index >= 15 is 0 Å². The molecule has 1 atom stereocenters. The third-order valence-corrected chi connectivity index (χ3v) is 4.36. The van der Waals surface area contributed by atoms with Crippen molar-refractivity contribution >= 4 is 17.8 Å². The van der Waals surface area contributed by atoms with Gasteiger partial charge in [0.1, 0.15) is 6.04 Å². The van der Waals surface area contributed by atoms with E-state index in [2.05, 4.69) is 5.32 Å². The molecule has 1 saturated carbocycles. The van der Waals surface area contributed by atoms with Gasteiger partial charge in [0, 0.05) is 20.0 Å². The van der Waals surface area contributed by atoms with Crippen molar-refractivity contribution in [3.8, 4) is 0 Å². The molecule has 6 nitrogen and oxygen atoms in total. The minimum absolute atomic E-state index is 0.0458. The van der Waals surface area contributed by atoms with Gasteiger partial charge in [-0.2, -0.15) is 0 Å². The molecule has 0 aliphatic heterocycles. The first-order valence-corrected chi connectivity index (χ1v) is 7.60. The van der Waals surface area contributed by atoms with Gasteiger partial charge in [0.2, 0.25) is 11.8 Å². The zero-order valence-corrected chi connectivity index (χ0v) is 13.1. The third kappa shape index (κ3) is 4.44. The molecule has 21 heavy (non-hydrogen) atoms. The summed E-state index contributed by atoms with van der Waals surface area (Å²) in [5, 5.41) is 12.1. The maximum Gasteiger partial charge on any atom is 0.310 e. The van der Waals surface area contributed by atoms with E-state index in [-0.39, 0.29) is 18.2 Å². The van der Waals surface area contributed by atoms with E-state index in [0.29, 0.717) is 19.4 Å². The number of nitrogens with one attached hydrogen (secondary N) is 1. The molecule has 0 spiro atoms. The summed E-state index contributed by atoms with van der Waals surface area (Å²) in [6, 6.07) is -0.628. The Kier molecular flexibility index (Phi) is 6.18. The maximum atomic E-state index is 12.1. The van der Waals surface area contributed by atoms with Crippen molar-refractivity contribution in [2.75, 3.05) is 13.6 Å². The Balaban J connectivity index is 2.62. The molecular weight excluding hydrogens is 272 g/mol. The second-order valence-corrected chi connectivity index (χ2v) is 5.96. The molecule has 1 unspecified atom stereocenters. The summed E-state index contributed by atoms with van der Waals surface area (Å²) in [5.74, 6) is -1.43. The Morgan fingerprint density at radius 3 is 2.29 bits per heavy atom. The molecule has 0 radical (unpaired) electrons. The lowest BCUT2D eigenvalue weighted by atomic mass is 9.71. The minimum atomic E-state index is -0.957. The first-order valence-electron chi connectivity index (χ1n) is 7.60. The van der Waals surface area contributed by atoms with Crippen molar-refractivity contribution in [3.05, 3.63) is 0 Å². The van der Waals surface area contributed by atoms with Gasteiger partial charge in [-0.25, -0.2) is 0 Å². The van der Waals surface area contributed by atoms with Crippen LogP contribution in [-0.2, 0) is 14.4 Å². The number of hydrogen-bond acceptors (Lipinski definition) is 3. The Morgan fingerprint density at radius 2 is 1.81 bits per heavy atom. The molecule has 0 heterocycles. The van der Waals surface area contributed by atoms with Crippen molar-refractivity contribution < 1.29 is 19.5 Å². The summed E-state index contributed by atoms with van der Waals surface area (Å²) in [5.41, 5.74) is -0.957. The van der Waals surface area contributed by atoms with E-state index in [9.17, 15) is 19.5 Å². The van der Waals surface area contributed by atoms with Crippen LogP contribution in [0.15, 0.2) is 0 Å². The number of likely N-dealkylation sites (N-methyl/N-ethyl adjacent to an activating group) is 1. The van der Waals surface area contributed by atoms with Gasteiger partial charge in [-0.05, 0) is 26.7 Å². The monoisotopic (exact) mass is 298 g/mol. The van der Waals surface area contributed by atoms with Crippen LogP contribution in [0.3, 0.4) is 0 Å². The molecule has 1 aliphatic rings. The molecule has 2 N–H and O–H groups in total. The van der Waals surface area contributed by atoms with E-state index in [4.69, 9.17) is 0 Å². The number of carbonyl (C=O) groups is 3. The van der Waals surface area contributed by atoms with Crippen molar-refractivity contribution in [3.63, 3.8) is 0 Å². The highest BCUT2D eigenvalue weighted by Crippen LogP contribution is 2.39. The lowest BCUT2D eigenvalue weighted by molar-refractivity contribution is -0.154. The van der Waals surface area contributed by atoms with Crippen molar-refractivity contribution in [1.29, 1.82) is 0 Å². The summed E-state index contributed by atoms with van der Waals surface area (Å²) < 4.78 is 0. The van der Waals surface area contributed by atoms with Gasteiger partial charge in [-0.15, -0.1) is 0 Å². The van der Waals surface area contributed by atoms with Gasteiger partial charge in [-0.1, -0.05) is 19.3 Å². The van der Waals surface area contributed by atoms with E-state index in [0.717, 1.165) is 19.3 Å². The van der Waals surface area contributed by atoms with E-state index < -0.39 is 17.4 Å². The Bertz CT molecular complexity index is 402. The van der Waals surface area contributed by atoms with Crippen LogP contribution >= 0.6 is 0 Å². The highest BCUT2D eigenvalue weighted by Gasteiger charge is 2.41. The van der Waals surface area contributed by atoms with Crippen LogP contribution in [0.2, 0.25) is 0 Å². The van der Waals surface area contributed by atoms with Gasteiger partial charge in [0.05, 0.1) is 5.41 Å². The van der Waals surface area contributed by atoms with Crippen LogP contribution in [0.4, 0.5) is 0 Å². The van der Waals surface area contributed by atoms with Crippen LogP contribution in [0.5, 0.6) is 0 Å². The number of nitrogens with zero attached hydrogens (tertiary/aromatic N) is 1. The molecule has 0 bridgehead atoms. The molecule has 1 aliphatic carbocycles. The zero-order chi connectivity index (χ0) is 16.0. The summed E-state index contributed by atoms with van der Waals surface area (Å²) in [6.45, 7) is 4.05.